The fourth-order valence-electron chi connectivity index (χ4n) is 2.91. The molecule has 0 aliphatic carbocycles. The summed E-state index contributed by atoms with van der Waals surface area (Å²) in [5.74, 6) is -1.61. The van der Waals surface area contributed by atoms with Crippen LogP contribution >= 0.6 is 0 Å². The molecule has 0 radical (unpaired) electrons. The Morgan fingerprint density at radius 3 is 2.12 bits per heavy atom. The lowest BCUT2D eigenvalue weighted by Gasteiger charge is -2.13. The summed E-state index contributed by atoms with van der Waals surface area (Å²) in [5.41, 5.74) is 3.82. The molecule has 0 aliphatic heterocycles. The third-order valence-electron chi connectivity index (χ3n) is 4.24. The number of rotatable bonds is 5. The number of hydrogen-bond acceptors (Lipinski definition) is 0. The lowest BCUT2D eigenvalue weighted by atomic mass is 9.93. The van der Waals surface area contributed by atoms with Gasteiger partial charge in [-0.15, -0.1) is 0 Å². The van der Waals surface area contributed by atoms with Gasteiger partial charge in [-0.1, -0.05) is 74.0 Å². The molecule has 3 rings (SSSR count). The lowest BCUT2D eigenvalue weighted by molar-refractivity contribution is 0.511. The molecule has 0 heterocycles. The van der Waals surface area contributed by atoms with E-state index in [4.69, 9.17) is 0 Å². The number of unbranched alkanes of at least 4 members (excludes halogenated alkanes) is 1. The number of hydrogen-bond donors (Lipinski definition) is 0. The summed E-state index contributed by atoms with van der Waals surface area (Å²) in [6.45, 7) is 2.16. The first-order valence-corrected chi connectivity index (χ1v) is 8.33. The Hall–Kier alpha value is -2.48. The topological polar surface area (TPSA) is 0 Å². The molecule has 0 aliphatic rings. The van der Waals surface area contributed by atoms with Crippen LogP contribution in [-0.2, 0) is 6.42 Å². The fraction of sp³-hybridized carbons (Fsp3) is 0.182. The van der Waals surface area contributed by atoms with Gasteiger partial charge in [-0.3, -0.25) is 0 Å². The van der Waals surface area contributed by atoms with Gasteiger partial charge < -0.3 is 0 Å². The molecule has 0 amide bonds. The normalized spacial score (nSPS) is 10.8. The van der Waals surface area contributed by atoms with E-state index in [1.165, 1.54) is 11.6 Å². The number of halogens is 2. The molecule has 0 fully saturated rings. The van der Waals surface area contributed by atoms with Crippen molar-refractivity contribution in [3.63, 3.8) is 0 Å². The summed E-state index contributed by atoms with van der Waals surface area (Å²) in [6, 6.07) is 20.1. The molecule has 0 N–H and O–H groups in total. The molecule has 0 saturated carbocycles. The van der Waals surface area contributed by atoms with E-state index in [0.717, 1.165) is 24.8 Å². The van der Waals surface area contributed by atoms with Gasteiger partial charge >= 0.3 is 0 Å². The Morgan fingerprint density at radius 2 is 1.46 bits per heavy atom. The second-order valence-corrected chi connectivity index (χ2v) is 5.95. The van der Waals surface area contributed by atoms with Gasteiger partial charge in [-0.25, -0.2) is 8.78 Å². The monoisotopic (exact) mass is 322 g/mol. The van der Waals surface area contributed by atoms with Crippen molar-refractivity contribution >= 4 is 0 Å². The van der Waals surface area contributed by atoms with Crippen LogP contribution in [0.4, 0.5) is 8.78 Å². The Labute approximate surface area is 141 Å². The standard InChI is InChI=1S/C22H20F2/c1-2-3-7-16-10-12-18(13-11-16)21-19(14-15-20(23)22(21)24)17-8-5-4-6-9-17/h4-6,8-15H,2-3,7H2,1H3. The summed E-state index contributed by atoms with van der Waals surface area (Å²) in [7, 11) is 0. The van der Waals surface area contributed by atoms with Crippen molar-refractivity contribution in [3.05, 3.63) is 83.9 Å². The molecule has 0 spiro atoms. The van der Waals surface area contributed by atoms with Crippen LogP contribution in [0.5, 0.6) is 0 Å². The van der Waals surface area contributed by atoms with Crippen molar-refractivity contribution in [2.24, 2.45) is 0 Å². The maximum Gasteiger partial charge on any atom is 0.167 e. The Kier molecular flexibility index (Phi) is 5.05. The zero-order valence-electron chi connectivity index (χ0n) is 13.7. The maximum atomic E-state index is 14.6. The van der Waals surface area contributed by atoms with E-state index in [-0.39, 0.29) is 0 Å². The van der Waals surface area contributed by atoms with Gasteiger partial charge in [0.25, 0.3) is 0 Å². The van der Waals surface area contributed by atoms with Gasteiger partial charge in [0.1, 0.15) is 0 Å². The van der Waals surface area contributed by atoms with Crippen LogP contribution in [0, 0.1) is 11.6 Å². The van der Waals surface area contributed by atoms with Crippen LogP contribution in [0.2, 0.25) is 0 Å². The molecule has 24 heavy (non-hydrogen) atoms. The highest BCUT2D eigenvalue weighted by atomic mass is 19.2. The zero-order valence-corrected chi connectivity index (χ0v) is 13.7. The molecule has 2 heteroatoms. The van der Waals surface area contributed by atoms with Gasteiger partial charge in [-0.2, -0.15) is 0 Å². The minimum Gasteiger partial charge on any atom is -0.204 e. The first-order chi connectivity index (χ1) is 11.7. The second kappa shape index (κ2) is 7.39. The Morgan fingerprint density at radius 1 is 0.750 bits per heavy atom. The molecule has 122 valence electrons. The highest BCUT2D eigenvalue weighted by Gasteiger charge is 2.16. The van der Waals surface area contributed by atoms with Crippen LogP contribution in [0.15, 0.2) is 66.7 Å². The van der Waals surface area contributed by atoms with Crippen molar-refractivity contribution < 1.29 is 8.78 Å². The molecule has 0 atom stereocenters. The molecule has 0 unspecified atom stereocenters. The summed E-state index contributed by atoms with van der Waals surface area (Å²) in [4.78, 5) is 0. The average Bonchev–Trinajstić information content (AvgIpc) is 2.63. The number of aryl methyl sites for hydroxylation is 1. The molecule has 0 bridgehead atoms. The molecule has 0 aromatic heterocycles. The van der Waals surface area contributed by atoms with E-state index >= 15 is 0 Å². The zero-order chi connectivity index (χ0) is 16.9. The van der Waals surface area contributed by atoms with E-state index in [1.54, 1.807) is 6.07 Å². The highest BCUT2D eigenvalue weighted by molar-refractivity contribution is 5.84. The predicted molar refractivity (Wildman–Crippen MR) is 95.8 cm³/mol. The predicted octanol–water partition coefficient (Wildman–Crippen LogP) is 6.64. The van der Waals surface area contributed by atoms with E-state index in [0.29, 0.717) is 16.7 Å². The van der Waals surface area contributed by atoms with Gasteiger partial charge in [-0.05, 0) is 41.2 Å². The average molecular weight is 322 g/mol. The van der Waals surface area contributed by atoms with Crippen LogP contribution < -0.4 is 0 Å². The van der Waals surface area contributed by atoms with E-state index in [2.05, 4.69) is 6.92 Å². The smallest absolute Gasteiger partial charge is 0.167 e. The third kappa shape index (κ3) is 3.38. The van der Waals surface area contributed by atoms with Gasteiger partial charge in [0.2, 0.25) is 0 Å². The summed E-state index contributed by atoms with van der Waals surface area (Å²) in [6.07, 6.45) is 3.27. The molecular formula is C22H20F2. The first-order valence-electron chi connectivity index (χ1n) is 8.33. The summed E-state index contributed by atoms with van der Waals surface area (Å²) in [5, 5.41) is 0. The molecular weight excluding hydrogens is 302 g/mol. The van der Waals surface area contributed by atoms with E-state index < -0.39 is 11.6 Å². The van der Waals surface area contributed by atoms with E-state index in [1.807, 2.05) is 54.6 Å². The maximum absolute atomic E-state index is 14.6. The fourth-order valence-corrected chi connectivity index (χ4v) is 2.91. The Balaban J connectivity index is 2.08. The second-order valence-electron chi connectivity index (χ2n) is 5.95. The largest absolute Gasteiger partial charge is 0.204 e. The summed E-state index contributed by atoms with van der Waals surface area (Å²) < 4.78 is 28.4. The van der Waals surface area contributed by atoms with E-state index in [9.17, 15) is 8.78 Å². The minimum atomic E-state index is -0.820. The van der Waals surface area contributed by atoms with Gasteiger partial charge in [0.15, 0.2) is 11.6 Å². The molecule has 3 aromatic carbocycles. The van der Waals surface area contributed by atoms with Gasteiger partial charge in [0.05, 0.1) is 0 Å². The first kappa shape index (κ1) is 16.4. The van der Waals surface area contributed by atoms with Gasteiger partial charge in [0, 0.05) is 5.56 Å². The van der Waals surface area contributed by atoms with Crippen molar-refractivity contribution in [1.82, 2.24) is 0 Å². The lowest BCUT2D eigenvalue weighted by Crippen LogP contribution is -1.94. The van der Waals surface area contributed by atoms with Crippen molar-refractivity contribution in [1.29, 1.82) is 0 Å². The van der Waals surface area contributed by atoms with Crippen molar-refractivity contribution in [2.75, 3.05) is 0 Å². The number of benzene rings is 3. The molecule has 3 aromatic rings. The SMILES string of the molecule is CCCCc1ccc(-c2c(-c3ccccc3)ccc(F)c2F)cc1. The van der Waals surface area contributed by atoms with Crippen LogP contribution in [-0.4, -0.2) is 0 Å². The third-order valence-corrected chi connectivity index (χ3v) is 4.24. The van der Waals surface area contributed by atoms with Crippen LogP contribution in [0.1, 0.15) is 25.3 Å². The molecule has 0 nitrogen and oxygen atoms in total. The van der Waals surface area contributed by atoms with Crippen molar-refractivity contribution in [2.45, 2.75) is 26.2 Å². The van der Waals surface area contributed by atoms with Crippen LogP contribution in [0.25, 0.3) is 22.3 Å². The van der Waals surface area contributed by atoms with Crippen molar-refractivity contribution in [3.8, 4) is 22.3 Å². The summed E-state index contributed by atoms with van der Waals surface area (Å²) >= 11 is 0. The van der Waals surface area contributed by atoms with Crippen LogP contribution in [0.3, 0.4) is 0 Å². The Bertz CT molecular complexity index is 805. The minimum absolute atomic E-state index is 0.322. The highest BCUT2D eigenvalue weighted by Crippen LogP contribution is 2.35. The quantitative estimate of drug-likeness (QED) is 0.494. The molecule has 0 saturated heterocycles.